The number of carbonyl (C=O) groups excluding carboxylic acids is 1. The van der Waals surface area contributed by atoms with Crippen molar-refractivity contribution in [2.24, 2.45) is 0 Å². The first-order valence-electron chi connectivity index (χ1n) is 6.83. The van der Waals surface area contributed by atoms with Gasteiger partial charge in [0.15, 0.2) is 0 Å². The number of nitrogens with one attached hydrogen (secondary N) is 2. The highest BCUT2D eigenvalue weighted by Gasteiger charge is 2.03. The minimum absolute atomic E-state index is 0.0386. The molecule has 0 saturated heterocycles. The van der Waals surface area contributed by atoms with Crippen LogP contribution in [0.1, 0.15) is 29.2 Å². The lowest BCUT2D eigenvalue weighted by Gasteiger charge is -2.10. The highest BCUT2D eigenvalue weighted by atomic mass is 32.1. The zero-order chi connectivity index (χ0) is 14.4. The van der Waals surface area contributed by atoms with E-state index in [1.54, 1.807) is 0 Å². The van der Waals surface area contributed by atoms with Crippen LogP contribution in [0.15, 0.2) is 36.4 Å². The van der Waals surface area contributed by atoms with Gasteiger partial charge < -0.3 is 10.6 Å². The van der Waals surface area contributed by atoms with Gasteiger partial charge in [-0.25, -0.2) is 0 Å². The van der Waals surface area contributed by atoms with E-state index in [1.165, 1.54) is 16.7 Å². The summed E-state index contributed by atoms with van der Waals surface area (Å²) in [6.45, 7) is 5.31. The van der Waals surface area contributed by atoms with Gasteiger partial charge in [-0.05, 0) is 30.2 Å². The fourth-order valence-electron chi connectivity index (χ4n) is 2.01. The van der Waals surface area contributed by atoms with E-state index in [0.717, 1.165) is 30.8 Å². The van der Waals surface area contributed by atoms with Crippen molar-refractivity contribution in [3.05, 3.63) is 51.7 Å². The van der Waals surface area contributed by atoms with Crippen LogP contribution in [0.4, 0.5) is 5.69 Å². The van der Waals surface area contributed by atoms with Crippen molar-refractivity contribution in [1.29, 1.82) is 0 Å². The highest BCUT2D eigenvalue weighted by molar-refractivity contribution is 7.11. The second-order valence-corrected chi connectivity index (χ2v) is 5.92. The van der Waals surface area contributed by atoms with E-state index in [0.29, 0.717) is 0 Å². The molecule has 2 rings (SSSR count). The first kappa shape index (κ1) is 14.8. The molecule has 2 aromatic rings. The molecular weight excluding hydrogens is 268 g/mol. The number of hydrogen-bond acceptors (Lipinski definition) is 3. The number of aryl methyl sites for hydroxylation is 1. The molecule has 0 saturated carbocycles. The van der Waals surface area contributed by atoms with E-state index in [2.05, 4.69) is 29.7 Å². The van der Waals surface area contributed by atoms with Gasteiger partial charge in [-0.2, -0.15) is 0 Å². The number of benzene rings is 1. The van der Waals surface area contributed by atoms with Crippen LogP contribution in [0.5, 0.6) is 0 Å². The van der Waals surface area contributed by atoms with Crippen LogP contribution in [-0.4, -0.2) is 5.91 Å². The smallest absolute Gasteiger partial charge is 0.221 e. The molecule has 3 nitrogen and oxygen atoms in total. The molecular formula is C16H20N2OS. The van der Waals surface area contributed by atoms with Gasteiger partial charge in [0, 0.05) is 35.5 Å². The van der Waals surface area contributed by atoms with Crippen molar-refractivity contribution in [3.63, 3.8) is 0 Å². The van der Waals surface area contributed by atoms with E-state index in [9.17, 15) is 4.79 Å². The summed E-state index contributed by atoms with van der Waals surface area (Å²) in [7, 11) is 0. The summed E-state index contributed by atoms with van der Waals surface area (Å²) in [4.78, 5) is 13.9. The minimum Gasteiger partial charge on any atom is -0.326 e. The molecule has 1 heterocycles. The van der Waals surface area contributed by atoms with E-state index >= 15 is 0 Å². The third kappa shape index (κ3) is 4.18. The Morgan fingerprint density at radius 2 is 1.85 bits per heavy atom. The summed E-state index contributed by atoms with van der Waals surface area (Å²) in [6.07, 6.45) is 1.09. The summed E-state index contributed by atoms with van der Waals surface area (Å²) in [5, 5.41) is 6.29. The maximum absolute atomic E-state index is 11.2. The van der Waals surface area contributed by atoms with Gasteiger partial charge >= 0.3 is 0 Å². The molecule has 1 amide bonds. The molecule has 0 aliphatic carbocycles. The fourth-order valence-corrected chi connectivity index (χ4v) is 2.94. The lowest BCUT2D eigenvalue weighted by atomic mass is 10.1. The zero-order valence-electron chi connectivity index (χ0n) is 11.9. The number of amides is 1. The van der Waals surface area contributed by atoms with Gasteiger partial charge in [0.05, 0.1) is 0 Å². The number of thiophene rings is 1. The molecule has 0 unspecified atom stereocenters. The third-order valence-electron chi connectivity index (χ3n) is 3.01. The molecule has 0 aliphatic heterocycles. The Balaban J connectivity index is 1.92. The predicted molar refractivity (Wildman–Crippen MR) is 85.0 cm³/mol. The molecule has 0 atom stereocenters. The normalized spacial score (nSPS) is 10.5. The molecule has 1 aromatic carbocycles. The molecule has 0 radical (unpaired) electrons. The average molecular weight is 288 g/mol. The fraction of sp³-hybridized carbons (Fsp3) is 0.312. The van der Waals surface area contributed by atoms with Crippen LogP contribution in [-0.2, 0) is 24.3 Å². The standard InChI is InChI=1S/C16H20N2OS/c1-3-14-8-9-15(20-14)11-17-10-13-6-4-5-7-16(13)18-12(2)19/h4-9,17H,3,10-11H2,1-2H3,(H,18,19). The number of hydrogen-bond donors (Lipinski definition) is 2. The van der Waals surface area contributed by atoms with Crippen molar-refractivity contribution in [2.45, 2.75) is 33.4 Å². The van der Waals surface area contributed by atoms with Crippen LogP contribution < -0.4 is 10.6 Å². The topological polar surface area (TPSA) is 41.1 Å². The van der Waals surface area contributed by atoms with Crippen molar-refractivity contribution in [1.82, 2.24) is 5.32 Å². The molecule has 0 spiro atoms. The quantitative estimate of drug-likeness (QED) is 0.853. The van der Waals surface area contributed by atoms with Crippen molar-refractivity contribution in [3.8, 4) is 0 Å². The Bertz CT molecular complexity index is 577. The van der Waals surface area contributed by atoms with Crippen LogP contribution in [0.25, 0.3) is 0 Å². The van der Waals surface area contributed by atoms with Crippen LogP contribution in [0.3, 0.4) is 0 Å². The van der Waals surface area contributed by atoms with Crippen molar-refractivity contribution >= 4 is 22.9 Å². The molecule has 20 heavy (non-hydrogen) atoms. The van der Waals surface area contributed by atoms with Gasteiger partial charge in [-0.1, -0.05) is 25.1 Å². The molecule has 2 N–H and O–H groups in total. The van der Waals surface area contributed by atoms with Gasteiger partial charge in [0.2, 0.25) is 5.91 Å². The summed E-state index contributed by atoms with van der Waals surface area (Å²) in [5.41, 5.74) is 1.99. The summed E-state index contributed by atoms with van der Waals surface area (Å²) in [5.74, 6) is -0.0386. The van der Waals surface area contributed by atoms with Crippen molar-refractivity contribution in [2.75, 3.05) is 5.32 Å². The second-order valence-electron chi connectivity index (χ2n) is 4.66. The van der Waals surface area contributed by atoms with E-state index < -0.39 is 0 Å². The van der Waals surface area contributed by atoms with E-state index in [-0.39, 0.29) is 5.91 Å². The molecule has 0 aliphatic rings. The molecule has 0 fully saturated rings. The van der Waals surface area contributed by atoms with Gasteiger partial charge in [-0.15, -0.1) is 11.3 Å². The molecule has 106 valence electrons. The Hall–Kier alpha value is -1.65. The summed E-state index contributed by atoms with van der Waals surface area (Å²) >= 11 is 1.85. The number of anilines is 1. The number of para-hydroxylation sites is 1. The van der Waals surface area contributed by atoms with Gasteiger partial charge in [0.1, 0.15) is 0 Å². The van der Waals surface area contributed by atoms with Crippen molar-refractivity contribution < 1.29 is 4.79 Å². The maximum Gasteiger partial charge on any atom is 0.221 e. The van der Waals surface area contributed by atoms with E-state index in [4.69, 9.17) is 0 Å². The Labute approximate surface area is 124 Å². The third-order valence-corrected chi connectivity index (χ3v) is 4.24. The van der Waals surface area contributed by atoms with Gasteiger partial charge in [0.25, 0.3) is 0 Å². The predicted octanol–water partition coefficient (Wildman–Crippen LogP) is 3.56. The maximum atomic E-state index is 11.2. The molecule has 0 bridgehead atoms. The first-order valence-corrected chi connectivity index (χ1v) is 7.64. The average Bonchev–Trinajstić information content (AvgIpc) is 2.88. The first-order chi connectivity index (χ1) is 9.69. The van der Waals surface area contributed by atoms with Crippen LogP contribution >= 0.6 is 11.3 Å². The Morgan fingerprint density at radius 1 is 1.10 bits per heavy atom. The lowest BCUT2D eigenvalue weighted by molar-refractivity contribution is -0.114. The van der Waals surface area contributed by atoms with Gasteiger partial charge in [-0.3, -0.25) is 4.79 Å². The van der Waals surface area contributed by atoms with Crippen LogP contribution in [0, 0.1) is 0 Å². The minimum atomic E-state index is -0.0386. The van der Waals surface area contributed by atoms with E-state index in [1.807, 2.05) is 35.6 Å². The highest BCUT2D eigenvalue weighted by Crippen LogP contribution is 2.18. The number of carbonyl (C=O) groups is 1. The summed E-state index contributed by atoms with van der Waals surface area (Å²) < 4.78 is 0. The second kappa shape index (κ2) is 7.22. The number of rotatable bonds is 6. The SMILES string of the molecule is CCc1ccc(CNCc2ccccc2NC(C)=O)s1. The zero-order valence-corrected chi connectivity index (χ0v) is 12.7. The summed E-state index contributed by atoms with van der Waals surface area (Å²) in [6, 6.07) is 12.2. The Morgan fingerprint density at radius 3 is 2.55 bits per heavy atom. The Kier molecular flexibility index (Phi) is 5.32. The van der Waals surface area contributed by atoms with Crippen LogP contribution in [0.2, 0.25) is 0 Å². The monoisotopic (exact) mass is 288 g/mol. The largest absolute Gasteiger partial charge is 0.326 e. The molecule has 4 heteroatoms. The lowest BCUT2D eigenvalue weighted by Crippen LogP contribution is -2.15. The molecule has 1 aromatic heterocycles.